The molecule has 0 aliphatic carbocycles. The minimum absolute atomic E-state index is 0.0571. The second-order valence-corrected chi connectivity index (χ2v) is 6.37. The quantitative estimate of drug-likeness (QED) is 0.727. The first-order valence-electron chi connectivity index (χ1n) is 9.08. The molecule has 0 saturated carbocycles. The van der Waals surface area contributed by atoms with Gasteiger partial charge in [0, 0.05) is 18.7 Å². The van der Waals surface area contributed by atoms with E-state index in [0.29, 0.717) is 26.0 Å². The van der Waals surface area contributed by atoms with Crippen LogP contribution in [0.5, 0.6) is 11.5 Å². The number of amides is 2. The number of nitrogens with zero attached hydrogens (tertiary/aromatic N) is 1. The zero-order valence-electron chi connectivity index (χ0n) is 15.4. The molecule has 3 rings (SSSR count). The maximum Gasteiger partial charge on any atom is 0.227 e. The average molecular weight is 368 g/mol. The predicted octanol–water partition coefficient (Wildman–Crippen LogP) is 2.56. The number of rotatable bonds is 8. The van der Waals surface area contributed by atoms with Crippen molar-refractivity contribution in [3.63, 3.8) is 0 Å². The van der Waals surface area contributed by atoms with Gasteiger partial charge >= 0.3 is 0 Å². The van der Waals surface area contributed by atoms with Gasteiger partial charge in [-0.25, -0.2) is 0 Å². The van der Waals surface area contributed by atoms with Gasteiger partial charge in [0.15, 0.2) is 0 Å². The molecular weight excluding hydrogens is 344 g/mol. The summed E-state index contributed by atoms with van der Waals surface area (Å²) < 4.78 is 10.7. The van der Waals surface area contributed by atoms with Crippen molar-refractivity contribution in [2.24, 2.45) is 0 Å². The smallest absolute Gasteiger partial charge is 0.227 e. The van der Waals surface area contributed by atoms with Gasteiger partial charge in [-0.3, -0.25) is 9.59 Å². The summed E-state index contributed by atoms with van der Waals surface area (Å²) in [5.41, 5.74) is 1.81. The Morgan fingerprint density at radius 3 is 2.41 bits per heavy atom. The number of methoxy groups -OCH3 is 1. The maximum absolute atomic E-state index is 12.1. The molecule has 1 fully saturated rings. The van der Waals surface area contributed by atoms with Gasteiger partial charge in [0.25, 0.3) is 0 Å². The fourth-order valence-electron chi connectivity index (χ4n) is 2.99. The van der Waals surface area contributed by atoms with Crippen LogP contribution in [-0.2, 0) is 16.0 Å². The van der Waals surface area contributed by atoms with Gasteiger partial charge in [0.2, 0.25) is 11.8 Å². The summed E-state index contributed by atoms with van der Waals surface area (Å²) in [4.78, 5) is 25.6. The van der Waals surface area contributed by atoms with Gasteiger partial charge in [-0.2, -0.15) is 0 Å². The summed E-state index contributed by atoms with van der Waals surface area (Å²) in [6.45, 7) is 1.60. The fourth-order valence-corrected chi connectivity index (χ4v) is 2.99. The summed E-state index contributed by atoms with van der Waals surface area (Å²) >= 11 is 0. The normalized spacial score (nSPS) is 13.5. The number of carbonyl (C=O) groups excluding carboxylic acids is 2. The van der Waals surface area contributed by atoms with Crippen LogP contribution >= 0.6 is 0 Å². The highest BCUT2D eigenvalue weighted by Crippen LogP contribution is 2.21. The Labute approximate surface area is 159 Å². The molecule has 6 heteroatoms. The molecule has 1 heterocycles. The van der Waals surface area contributed by atoms with E-state index < -0.39 is 0 Å². The van der Waals surface area contributed by atoms with E-state index >= 15 is 0 Å². The third kappa shape index (κ3) is 5.23. The molecule has 0 spiro atoms. The minimum atomic E-state index is -0.0571. The van der Waals surface area contributed by atoms with Crippen molar-refractivity contribution in [1.82, 2.24) is 5.32 Å². The number of hydrogen-bond acceptors (Lipinski definition) is 4. The highest BCUT2D eigenvalue weighted by Gasteiger charge is 2.21. The Kier molecular flexibility index (Phi) is 6.30. The van der Waals surface area contributed by atoms with Crippen LogP contribution in [0.4, 0.5) is 5.69 Å². The molecule has 142 valence electrons. The number of ether oxygens (including phenoxy) is 2. The van der Waals surface area contributed by atoms with Crippen LogP contribution in [0.1, 0.15) is 18.4 Å². The Bertz CT molecular complexity index is 772. The largest absolute Gasteiger partial charge is 0.497 e. The lowest BCUT2D eigenvalue weighted by Crippen LogP contribution is -2.29. The zero-order chi connectivity index (χ0) is 19.1. The topological polar surface area (TPSA) is 67.9 Å². The first kappa shape index (κ1) is 18.8. The van der Waals surface area contributed by atoms with Crippen molar-refractivity contribution in [3.8, 4) is 11.5 Å². The van der Waals surface area contributed by atoms with Crippen molar-refractivity contribution in [3.05, 3.63) is 54.1 Å². The molecule has 2 amide bonds. The summed E-state index contributed by atoms with van der Waals surface area (Å²) in [6.07, 6.45) is 1.82. The Hall–Kier alpha value is -3.02. The Morgan fingerprint density at radius 2 is 1.78 bits per heavy atom. The van der Waals surface area contributed by atoms with Crippen molar-refractivity contribution >= 4 is 17.5 Å². The van der Waals surface area contributed by atoms with Gasteiger partial charge in [-0.15, -0.1) is 0 Å². The minimum Gasteiger partial charge on any atom is -0.497 e. The van der Waals surface area contributed by atoms with Crippen molar-refractivity contribution in [2.45, 2.75) is 19.3 Å². The van der Waals surface area contributed by atoms with Gasteiger partial charge < -0.3 is 19.7 Å². The van der Waals surface area contributed by atoms with Crippen LogP contribution < -0.4 is 19.7 Å². The highest BCUT2D eigenvalue weighted by atomic mass is 16.5. The van der Waals surface area contributed by atoms with E-state index in [4.69, 9.17) is 9.47 Å². The molecule has 27 heavy (non-hydrogen) atoms. The number of anilines is 1. The van der Waals surface area contributed by atoms with Gasteiger partial charge in [-0.05, 0) is 48.4 Å². The average Bonchev–Trinajstić information content (AvgIpc) is 3.12. The predicted molar refractivity (Wildman–Crippen MR) is 103 cm³/mol. The van der Waals surface area contributed by atoms with Gasteiger partial charge in [0.1, 0.15) is 18.1 Å². The molecule has 6 nitrogen and oxygen atoms in total. The van der Waals surface area contributed by atoms with Crippen molar-refractivity contribution in [1.29, 1.82) is 0 Å². The molecule has 2 aromatic carbocycles. The first-order chi connectivity index (χ1) is 13.2. The van der Waals surface area contributed by atoms with Crippen LogP contribution in [0.2, 0.25) is 0 Å². The molecule has 1 aliphatic heterocycles. The Balaban J connectivity index is 1.39. The van der Waals surface area contributed by atoms with Crippen LogP contribution in [0.3, 0.4) is 0 Å². The summed E-state index contributed by atoms with van der Waals surface area (Å²) in [7, 11) is 1.62. The molecule has 2 aromatic rings. The van der Waals surface area contributed by atoms with E-state index in [2.05, 4.69) is 5.32 Å². The summed E-state index contributed by atoms with van der Waals surface area (Å²) in [6, 6.07) is 14.9. The van der Waals surface area contributed by atoms with Crippen LogP contribution in [-0.4, -0.2) is 38.6 Å². The van der Waals surface area contributed by atoms with Crippen LogP contribution in [0.15, 0.2) is 48.5 Å². The number of carbonyl (C=O) groups is 2. The fraction of sp³-hybridized carbons (Fsp3) is 0.333. The maximum atomic E-state index is 12.1. The SMILES string of the molecule is COc1ccc(OCCNC(=O)Cc2ccc(N3CCCC3=O)cc2)cc1. The zero-order valence-corrected chi connectivity index (χ0v) is 15.4. The lowest BCUT2D eigenvalue weighted by molar-refractivity contribution is -0.120. The lowest BCUT2D eigenvalue weighted by atomic mass is 10.1. The highest BCUT2D eigenvalue weighted by molar-refractivity contribution is 5.95. The number of benzene rings is 2. The third-order valence-corrected chi connectivity index (χ3v) is 4.44. The van der Waals surface area contributed by atoms with E-state index in [1.807, 2.05) is 48.5 Å². The van der Waals surface area contributed by atoms with E-state index in [0.717, 1.165) is 35.7 Å². The second-order valence-electron chi connectivity index (χ2n) is 6.37. The first-order valence-corrected chi connectivity index (χ1v) is 9.08. The molecule has 1 aliphatic rings. The standard InChI is InChI=1S/C21H24N2O4/c1-26-18-8-10-19(11-9-18)27-14-12-22-20(24)15-16-4-6-17(7-5-16)23-13-2-3-21(23)25/h4-11H,2-3,12-15H2,1H3,(H,22,24). The van der Waals surface area contributed by atoms with E-state index in [9.17, 15) is 9.59 Å². The molecular formula is C21H24N2O4. The number of nitrogens with one attached hydrogen (secondary N) is 1. The van der Waals surface area contributed by atoms with E-state index in [1.54, 1.807) is 12.0 Å². The molecule has 0 atom stereocenters. The molecule has 0 radical (unpaired) electrons. The van der Waals surface area contributed by atoms with Crippen molar-refractivity contribution < 1.29 is 19.1 Å². The summed E-state index contributed by atoms with van der Waals surface area (Å²) in [5.74, 6) is 1.61. The summed E-state index contributed by atoms with van der Waals surface area (Å²) in [5, 5.41) is 2.85. The van der Waals surface area contributed by atoms with Crippen molar-refractivity contribution in [2.75, 3.05) is 31.7 Å². The van der Waals surface area contributed by atoms with Crippen LogP contribution in [0.25, 0.3) is 0 Å². The molecule has 1 saturated heterocycles. The Morgan fingerprint density at radius 1 is 1.07 bits per heavy atom. The molecule has 0 aromatic heterocycles. The van der Waals surface area contributed by atoms with E-state index in [-0.39, 0.29) is 11.8 Å². The molecule has 1 N–H and O–H groups in total. The van der Waals surface area contributed by atoms with Crippen LogP contribution in [0, 0.1) is 0 Å². The number of hydrogen-bond donors (Lipinski definition) is 1. The second kappa shape index (κ2) is 9.07. The lowest BCUT2D eigenvalue weighted by Gasteiger charge is -2.15. The van der Waals surface area contributed by atoms with E-state index in [1.165, 1.54) is 0 Å². The monoisotopic (exact) mass is 368 g/mol. The third-order valence-electron chi connectivity index (χ3n) is 4.44. The van der Waals surface area contributed by atoms with Gasteiger partial charge in [-0.1, -0.05) is 12.1 Å². The molecule has 0 bridgehead atoms. The molecule has 0 unspecified atom stereocenters. The van der Waals surface area contributed by atoms with Gasteiger partial charge in [0.05, 0.1) is 20.1 Å².